The van der Waals surface area contributed by atoms with Crippen molar-refractivity contribution in [2.24, 2.45) is 0 Å². The van der Waals surface area contributed by atoms with Crippen LogP contribution in [0.3, 0.4) is 0 Å². The summed E-state index contributed by atoms with van der Waals surface area (Å²) in [6.45, 7) is 3.14. The first-order valence-corrected chi connectivity index (χ1v) is 11.3. The Kier molecular flexibility index (Phi) is 4.97. The van der Waals surface area contributed by atoms with Crippen LogP contribution in [-0.2, 0) is 33.2 Å². The molecule has 0 aromatic heterocycles. The van der Waals surface area contributed by atoms with Crippen LogP contribution in [0.1, 0.15) is 29.5 Å². The molecule has 2 heterocycles. The van der Waals surface area contributed by atoms with Gasteiger partial charge in [-0.2, -0.15) is 0 Å². The van der Waals surface area contributed by atoms with Crippen molar-refractivity contribution in [3.05, 3.63) is 59.2 Å². The Morgan fingerprint density at radius 2 is 1.85 bits per heavy atom. The van der Waals surface area contributed by atoms with Crippen molar-refractivity contribution in [1.29, 1.82) is 0 Å². The predicted octanol–water partition coefficient (Wildman–Crippen LogP) is 2.82. The second kappa shape index (κ2) is 7.26. The van der Waals surface area contributed by atoms with Crippen LogP contribution in [0.15, 0.2) is 47.4 Å². The van der Waals surface area contributed by atoms with Crippen molar-refractivity contribution >= 4 is 9.84 Å². The van der Waals surface area contributed by atoms with Crippen LogP contribution in [0, 0.1) is 0 Å². The average Bonchev–Trinajstić information content (AvgIpc) is 2.67. The van der Waals surface area contributed by atoms with Gasteiger partial charge >= 0.3 is 0 Å². The van der Waals surface area contributed by atoms with E-state index in [1.165, 1.54) is 17.4 Å². The minimum absolute atomic E-state index is 0.140. The third kappa shape index (κ3) is 3.88. The van der Waals surface area contributed by atoms with Crippen LogP contribution in [0.2, 0.25) is 0 Å². The molecule has 0 saturated carbocycles. The van der Waals surface area contributed by atoms with Gasteiger partial charge in [-0.25, -0.2) is 8.42 Å². The number of ether oxygens (including phenoxy) is 2. The molecule has 1 fully saturated rings. The van der Waals surface area contributed by atoms with Crippen molar-refractivity contribution < 1.29 is 17.9 Å². The highest BCUT2D eigenvalue weighted by molar-refractivity contribution is 7.90. The summed E-state index contributed by atoms with van der Waals surface area (Å²) in [6.07, 6.45) is 4.13. The summed E-state index contributed by atoms with van der Waals surface area (Å²) in [5, 5.41) is 3.41. The zero-order chi connectivity index (χ0) is 18.9. The molecule has 1 saturated heterocycles. The SMILES string of the molecule is CS(=O)(=O)c1ccc(COc2ccc3c(c2)CCOC32CCNCC2)cc1. The monoisotopic (exact) mass is 387 g/mol. The standard InChI is InChI=1S/C21H25NO4S/c1-27(23,24)19-5-2-16(3-6-19)15-25-18-4-7-20-17(14-18)8-13-26-21(20)9-11-22-12-10-21/h2-7,14,22H,8-13,15H2,1H3. The minimum Gasteiger partial charge on any atom is -0.489 e. The van der Waals surface area contributed by atoms with E-state index in [1.54, 1.807) is 24.3 Å². The first-order valence-electron chi connectivity index (χ1n) is 9.36. The molecular weight excluding hydrogens is 362 g/mol. The molecule has 0 unspecified atom stereocenters. The maximum atomic E-state index is 11.5. The second-order valence-electron chi connectivity index (χ2n) is 7.37. The van der Waals surface area contributed by atoms with Gasteiger partial charge in [0.05, 0.1) is 17.1 Å². The number of nitrogens with one attached hydrogen (secondary N) is 1. The molecule has 0 atom stereocenters. The number of rotatable bonds is 4. The fourth-order valence-electron chi connectivity index (χ4n) is 3.99. The van der Waals surface area contributed by atoms with Gasteiger partial charge in [-0.3, -0.25) is 0 Å². The van der Waals surface area contributed by atoms with Gasteiger partial charge in [0.15, 0.2) is 9.84 Å². The van der Waals surface area contributed by atoms with Crippen molar-refractivity contribution in [2.75, 3.05) is 26.0 Å². The van der Waals surface area contributed by atoms with Crippen molar-refractivity contribution in [1.82, 2.24) is 5.32 Å². The van der Waals surface area contributed by atoms with E-state index in [1.807, 2.05) is 6.07 Å². The molecule has 5 nitrogen and oxygen atoms in total. The van der Waals surface area contributed by atoms with E-state index in [0.717, 1.165) is 50.3 Å². The zero-order valence-corrected chi connectivity index (χ0v) is 16.3. The Hall–Kier alpha value is -1.89. The number of benzene rings is 2. The summed E-state index contributed by atoms with van der Waals surface area (Å²) >= 11 is 0. The molecule has 0 radical (unpaired) electrons. The lowest BCUT2D eigenvalue weighted by molar-refractivity contribution is -0.0802. The van der Waals surface area contributed by atoms with E-state index >= 15 is 0 Å². The Labute approximate surface area is 160 Å². The van der Waals surface area contributed by atoms with Crippen LogP contribution >= 0.6 is 0 Å². The van der Waals surface area contributed by atoms with Gasteiger partial charge in [0.25, 0.3) is 0 Å². The molecule has 4 rings (SSSR count). The van der Waals surface area contributed by atoms with E-state index in [9.17, 15) is 8.42 Å². The highest BCUT2D eigenvalue weighted by Gasteiger charge is 2.38. The van der Waals surface area contributed by atoms with E-state index in [2.05, 4.69) is 17.4 Å². The van der Waals surface area contributed by atoms with Gasteiger partial charge in [0, 0.05) is 6.26 Å². The first kappa shape index (κ1) is 18.5. The molecule has 2 aliphatic heterocycles. The van der Waals surface area contributed by atoms with Crippen molar-refractivity contribution in [2.45, 2.75) is 36.4 Å². The summed E-state index contributed by atoms with van der Waals surface area (Å²) < 4.78 is 35.3. The van der Waals surface area contributed by atoms with Gasteiger partial charge in [0.2, 0.25) is 0 Å². The quantitative estimate of drug-likeness (QED) is 0.874. The van der Waals surface area contributed by atoms with E-state index < -0.39 is 9.84 Å². The van der Waals surface area contributed by atoms with Gasteiger partial charge in [-0.15, -0.1) is 0 Å². The van der Waals surface area contributed by atoms with Crippen LogP contribution in [0.4, 0.5) is 0 Å². The maximum absolute atomic E-state index is 11.5. The summed E-state index contributed by atoms with van der Waals surface area (Å²) in [5.41, 5.74) is 3.42. The van der Waals surface area contributed by atoms with Crippen LogP contribution in [0.25, 0.3) is 0 Å². The lowest BCUT2D eigenvalue weighted by Crippen LogP contribution is -2.44. The van der Waals surface area contributed by atoms with Gasteiger partial charge < -0.3 is 14.8 Å². The first-order chi connectivity index (χ1) is 13.0. The molecular formula is C21H25NO4S. The number of hydrogen-bond donors (Lipinski definition) is 1. The van der Waals surface area contributed by atoms with Crippen LogP contribution in [0.5, 0.6) is 5.75 Å². The third-order valence-electron chi connectivity index (χ3n) is 5.49. The Balaban J connectivity index is 1.48. The molecule has 144 valence electrons. The van der Waals surface area contributed by atoms with E-state index in [-0.39, 0.29) is 5.60 Å². The number of piperidine rings is 1. The smallest absolute Gasteiger partial charge is 0.175 e. The molecule has 2 aromatic carbocycles. The topological polar surface area (TPSA) is 64.6 Å². The largest absolute Gasteiger partial charge is 0.489 e. The lowest BCUT2D eigenvalue weighted by atomic mass is 9.80. The normalized spacial score (nSPS) is 18.9. The van der Waals surface area contributed by atoms with E-state index in [4.69, 9.17) is 9.47 Å². The van der Waals surface area contributed by atoms with Crippen LogP contribution < -0.4 is 10.1 Å². The lowest BCUT2D eigenvalue weighted by Gasteiger charge is -2.42. The average molecular weight is 388 g/mol. The number of fused-ring (bicyclic) bond motifs is 2. The Morgan fingerprint density at radius 3 is 2.56 bits per heavy atom. The van der Waals surface area contributed by atoms with Crippen LogP contribution in [-0.4, -0.2) is 34.4 Å². The fourth-order valence-corrected chi connectivity index (χ4v) is 4.62. The molecule has 2 aliphatic rings. The highest BCUT2D eigenvalue weighted by atomic mass is 32.2. The molecule has 1 N–H and O–H groups in total. The van der Waals surface area contributed by atoms with Gasteiger partial charge in [-0.05, 0) is 73.3 Å². The molecule has 0 amide bonds. The molecule has 2 aromatic rings. The number of sulfone groups is 1. The van der Waals surface area contributed by atoms with Gasteiger partial charge in [-0.1, -0.05) is 18.2 Å². The van der Waals surface area contributed by atoms with Crippen molar-refractivity contribution in [3.63, 3.8) is 0 Å². The molecule has 27 heavy (non-hydrogen) atoms. The molecule has 6 heteroatoms. The molecule has 0 aliphatic carbocycles. The Morgan fingerprint density at radius 1 is 1.11 bits per heavy atom. The maximum Gasteiger partial charge on any atom is 0.175 e. The molecule has 1 spiro atoms. The summed E-state index contributed by atoms with van der Waals surface area (Å²) in [7, 11) is -3.17. The Bertz CT molecular complexity index is 916. The van der Waals surface area contributed by atoms with Crippen molar-refractivity contribution in [3.8, 4) is 5.75 Å². The minimum atomic E-state index is -3.17. The predicted molar refractivity (Wildman–Crippen MR) is 104 cm³/mol. The summed E-state index contributed by atoms with van der Waals surface area (Å²) in [4.78, 5) is 0.326. The summed E-state index contributed by atoms with van der Waals surface area (Å²) in [5.74, 6) is 0.840. The number of hydrogen-bond acceptors (Lipinski definition) is 5. The third-order valence-corrected chi connectivity index (χ3v) is 6.61. The zero-order valence-electron chi connectivity index (χ0n) is 15.5. The second-order valence-corrected chi connectivity index (χ2v) is 9.38. The summed E-state index contributed by atoms with van der Waals surface area (Å²) in [6, 6.07) is 13.1. The van der Waals surface area contributed by atoms with E-state index in [0.29, 0.717) is 11.5 Å². The van der Waals surface area contributed by atoms with Gasteiger partial charge in [0.1, 0.15) is 12.4 Å². The highest BCUT2D eigenvalue weighted by Crippen LogP contribution is 2.41. The molecule has 0 bridgehead atoms. The fraction of sp³-hybridized carbons (Fsp3) is 0.429.